The maximum Gasteiger partial charge on any atom is 0.257 e. The van der Waals surface area contributed by atoms with Crippen LogP contribution in [0.3, 0.4) is 0 Å². The predicted molar refractivity (Wildman–Crippen MR) is 124 cm³/mol. The standard InChI is InChI=1S/C21H21ClN4O2S2/c1-21(2,3)14-9-7-13(8-10-14)18(28)24-19-25-26-20(30-19)29-12-17(27)23-16-6-4-5-15(22)11-16/h4-11H,12H2,1-3H3,(H,23,27)(H,24,25,28). The largest absolute Gasteiger partial charge is 0.325 e. The Morgan fingerprint density at radius 1 is 1.07 bits per heavy atom. The van der Waals surface area contributed by atoms with Crippen molar-refractivity contribution in [2.45, 2.75) is 30.5 Å². The van der Waals surface area contributed by atoms with Crippen molar-refractivity contribution in [3.8, 4) is 0 Å². The van der Waals surface area contributed by atoms with E-state index in [1.807, 2.05) is 12.1 Å². The fourth-order valence-electron chi connectivity index (χ4n) is 2.50. The van der Waals surface area contributed by atoms with Gasteiger partial charge in [-0.25, -0.2) is 0 Å². The van der Waals surface area contributed by atoms with E-state index < -0.39 is 0 Å². The molecule has 1 aromatic heterocycles. The van der Waals surface area contributed by atoms with E-state index in [0.29, 0.717) is 25.7 Å². The highest BCUT2D eigenvalue weighted by molar-refractivity contribution is 8.01. The fraction of sp³-hybridized carbons (Fsp3) is 0.238. The van der Waals surface area contributed by atoms with E-state index >= 15 is 0 Å². The number of carbonyl (C=O) groups is 2. The minimum atomic E-state index is -0.248. The third-order valence-corrected chi connectivity index (χ3v) is 6.28. The molecule has 2 amide bonds. The molecule has 0 aliphatic heterocycles. The number of carbonyl (C=O) groups excluding carboxylic acids is 2. The van der Waals surface area contributed by atoms with Crippen LogP contribution in [0.15, 0.2) is 52.9 Å². The molecule has 0 atom stereocenters. The lowest BCUT2D eigenvalue weighted by Gasteiger charge is -2.18. The third-order valence-electron chi connectivity index (χ3n) is 4.08. The van der Waals surface area contributed by atoms with Gasteiger partial charge in [-0.2, -0.15) is 0 Å². The van der Waals surface area contributed by atoms with Crippen LogP contribution in [-0.4, -0.2) is 27.8 Å². The molecule has 0 radical (unpaired) electrons. The molecule has 9 heteroatoms. The summed E-state index contributed by atoms with van der Waals surface area (Å²) >= 11 is 8.38. The van der Waals surface area contributed by atoms with Crippen LogP contribution in [0.25, 0.3) is 0 Å². The van der Waals surface area contributed by atoms with E-state index in [1.165, 1.54) is 23.1 Å². The van der Waals surface area contributed by atoms with Crippen molar-refractivity contribution >= 4 is 57.3 Å². The maximum absolute atomic E-state index is 12.4. The van der Waals surface area contributed by atoms with Crippen LogP contribution in [0.1, 0.15) is 36.7 Å². The number of hydrogen-bond acceptors (Lipinski definition) is 6. The molecular formula is C21H21ClN4O2S2. The van der Waals surface area contributed by atoms with Gasteiger partial charge in [-0.05, 0) is 41.3 Å². The summed E-state index contributed by atoms with van der Waals surface area (Å²) in [4.78, 5) is 24.5. The quantitative estimate of drug-likeness (QED) is 0.376. The van der Waals surface area contributed by atoms with E-state index in [0.717, 1.165) is 5.56 Å². The van der Waals surface area contributed by atoms with Crippen LogP contribution in [0.5, 0.6) is 0 Å². The molecule has 3 aromatic rings. The van der Waals surface area contributed by atoms with Gasteiger partial charge in [0.15, 0.2) is 4.34 Å². The summed E-state index contributed by atoms with van der Waals surface area (Å²) in [7, 11) is 0. The monoisotopic (exact) mass is 460 g/mol. The molecule has 6 nitrogen and oxygen atoms in total. The first kappa shape index (κ1) is 22.3. The second kappa shape index (κ2) is 9.59. The Balaban J connectivity index is 1.52. The number of amides is 2. The predicted octanol–water partition coefficient (Wildman–Crippen LogP) is 5.47. The van der Waals surface area contributed by atoms with Gasteiger partial charge in [0.25, 0.3) is 5.91 Å². The van der Waals surface area contributed by atoms with Crippen molar-refractivity contribution in [1.82, 2.24) is 10.2 Å². The summed E-state index contributed by atoms with van der Waals surface area (Å²) in [5, 5.41) is 14.5. The number of hydrogen-bond donors (Lipinski definition) is 2. The van der Waals surface area contributed by atoms with Crippen LogP contribution >= 0.6 is 34.7 Å². The molecule has 1 heterocycles. The van der Waals surface area contributed by atoms with Crippen LogP contribution < -0.4 is 10.6 Å². The van der Waals surface area contributed by atoms with Gasteiger partial charge in [-0.15, -0.1) is 10.2 Å². The molecule has 0 unspecified atom stereocenters. The molecule has 0 saturated heterocycles. The van der Waals surface area contributed by atoms with Gasteiger partial charge in [0.2, 0.25) is 11.0 Å². The zero-order chi connectivity index (χ0) is 21.7. The molecule has 3 rings (SSSR count). The van der Waals surface area contributed by atoms with Crippen molar-refractivity contribution in [3.63, 3.8) is 0 Å². The summed E-state index contributed by atoms with van der Waals surface area (Å²) in [6.07, 6.45) is 0. The third kappa shape index (κ3) is 6.29. The Morgan fingerprint density at radius 2 is 1.80 bits per heavy atom. The zero-order valence-corrected chi connectivity index (χ0v) is 19.1. The van der Waals surface area contributed by atoms with Crippen molar-refractivity contribution in [2.24, 2.45) is 0 Å². The lowest BCUT2D eigenvalue weighted by molar-refractivity contribution is -0.113. The molecule has 0 spiro atoms. The Hall–Kier alpha value is -2.42. The molecule has 156 valence electrons. The number of halogens is 1. The van der Waals surface area contributed by atoms with E-state index in [9.17, 15) is 9.59 Å². The second-order valence-corrected chi connectivity index (χ2v) is 10.1. The van der Waals surface area contributed by atoms with Crippen molar-refractivity contribution in [1.29, 1.82) is 0 Å². The molecule has 30 heavy (non-hydrogen) atoms. The summed E-state index contributed by atoms with van der Waals surface area (Å²) in [6, 6.07) is 14.4. The highest BCUT2D eigenvalue weighted by atomic mass is 35.5. The highest BCUT2D eigenvalue weighted by Crippen LogP contribution is 2.27. The second-order valence-electron chi connectivity index (χ2n) is 7.50. The average molecular weight is 461 g/mol. The Labute approximate surface area is 188 Å². The summed E-state index contributed by atoms with van der Waals surface area (Å²) in [5.74, 6) is -0.257. The molecule has 2 N–H and O–H groups in total. The van der Waals surface area contributed by atoms with Crippen LogP contribution in [0, 0.1) is 0 Å². The molecule has 0 bridgehead atoms. The smallest absolute Gasteiger partial charge is 0.257 e. The number of thioether (sulfide) groups is 1. The van der Waals surface area contributed by atoms with Gasteiger partial charge in [-0.1, -0.05) is 73.7 Å². The minimum absolute atomic E-state index is 0.0272. The number of rotatable bonds is 6. The Morgan fingerprint density at radius 3 is 2.47 bits per heavy atom. The van der Waals surface area contributed by atoms with Gasteiger partial charge in [0, 0.05) is 16.3 Å². The summed E-state index contributed by atoms with van der Waals surface area (Å²) < 4.78 is 0.592. The Bertz CT molecular complexity index is 1050. The summed E-state index contributed by atoms with van der Waals surface area (Å²) in [5.41, 5.74) is 2.37. The average Bonchev–Trinajstić information content (AvgIpc) is 3.13. The molecule has 0 aliphatic rings. The number of benzene rings is 2. The van der Waals surface area contributed by atoms with Crippen LogP contribution in [0.2, 0.25) is 5.02 Å². The number of anilines is 2. The van der Waals surface area contributed by atoms with Crippen molar-refractivity contribution in [3.05, 3.63) is 64.7 Å². The number of nitrogens with one attached hydrogen (secondary N) is 2. The lowest BCUT2D eigenvalue weighted by Crippen LogP contribution is -2.14. The van der Waals surface area contributed by atoms with Crippen molar-refractivity contribution in [2.75, 3.05) is 16.4 Å². The first-order valence-corrected chi connectivity index (χ1v) is 11.3. The highest BCUT2D eigenvalue weighted by Gasteiger charge is 2.15. The first-order chi connectivity index (χ1) is 14.2. The maximum atomic E-state index is 12.4. The van der Waals surface area contributed by atoms with Gasteiger partial charge >= 0.3 is 0 Å². The van der Waals surface area contributed by atoms with Gasteiger partial charge < -0.3 is 5.32 Å². The molecule has 2 aromatic carbocycles. The molecule has 0 saturated carbocycles. The van der Waals surface area contributed by atoms with Crippen LogP contribution in [-0.2, 0) is 10.2 Å². The van der Waals surface area contributed by atoms with Gasteiger partial charge in [0.1, 0.15) is 0 Å². The van der Waals surface area contributed by atoms with E-state index in [2.05, 4.69) is 41.6 Å². The zero-order valence-electron chi connectivity index (χ0n) is 16.7. The molecular weight excluding hydrogens is 440 g/mol. The molecule has 0 aliphatic carbocycles. The lowest BCUT2D eigenvalue weighted by atomic mass is 9.87. The first-order valence-electron chi connectivity index (χ1n) is 9.14. The number of aromatic nitrogens is 2. The normalized spacial score (nSPS) is 11.2. The SMILES string of the molecule is CC(C)(C)c1ccc(C(=O)Nc2nnc(SCC(=O)Nc3cccc(Cl)c3)s2)cc1. The summed E-state index contributed by atoms with van der Waals surface area (Å²) in [6.45, 7) is 6.37. The van der Waals surface area contributed by atoms with Crippen LogP contribution in [0.4, 0.5) is 10.8 Å². The van der Waals surface area contributed by atoms with E-state index in [-0.39, 0.29) is 23.0 Å². The van der Waals surface area contributed by atoms with E-state index in [1.54, 1.807) is 36.4 Å². The molecule has 0 fully saturated rings. The van der Waals surface area contributed by atoms with Crippen molar-refractivity contribution < 1.29 is 9.59 Å². The van der Waals surface area contributed by atoms with Gasteiger partial charge in [-0.3, -0.25) is 14.9 Å². The Kier molecular flexibility index (Phi) is 7.12. The van der Waals surface area contributed by atoms with E-state index in [4.69, 9.17) is 11.6 Å². The number of nitrogens with zero attached hydrogens (tertiary/aromatic N) is 2. The fourth-order valence-corrected chi connectivity index (χ4v) is 4.24. The van der Waals surface area contributed by atoms with Gasteiger partial charge in [0.05, 0.1) is 5.75 Å². The minimum Gasteiger partial charge on any atom is -0.325 e. The topological polar surface area (TPSA) is 84.0 Å².